The first-order valence-corrected chi connectivity index (χ1v) is 9.09. The number of benzene rings is 2. The third-order valence-electron chi connectivity index (χ3n) is 4.76. The smallest absolute Gasteiger partial charge is 0.387 e. The van der Waals surface area contributed by atoms with Crippen LogP contribution in [0.2, 0.25) is 0 Å². The molecule has 1 aliphatic heterocycles. The minimum Gasteiger partial charge on any atom is -0.435 e. The van der Waals surface area contributed by atoms with E-state index in [1.54, 1.807) is 24.3 Å². The van der Waals surface area contributed by atoms with Gasteiger partial charge in [-0.15, -0.1) is 0 Å². The van der Waals surface area contributed by atoms with Gasteiger partial charge in [0.2, 0.25) is 5.91 Å². The lowest BCUT2D eigenvalue weighted by Gasteiger charge is -2.35. The van der Waals surface area contributed by atoms with Crippen LogP contribution in [0.4, 0.5) is 8.78 Å². The highest BCUT2D eigenvalue weighted by Crippen LogP contribution is 2.17. The zero-order valence-corrected chi connectivity index (χ0v) is 15.4. The fourth-order valence-electron chi connectivity index (χ4n) is 3.18. The van der Waals surface area contributed by atoms with Gasteiger partial charge in [-0.2, -0.15) is 8.78 Å². The van der Waals surface area contributed by atoms with Gasteiger partial charge in [0.1, 0.15) is 5.75 Å². The zero-order valence-electron chi connectivity index (χ0n) is 15.4. The summed E-state index contributed by atoms with van der Waals surface area (Å²) in [6.45, 7) is 2.97. The van der Waals surface area contributed by atoms with Crippen LogP contribution in [0.3, 0.4) is 0 Å². The summed E-state index contributed by atoms with van der Waals surface area (Å²) in [5, 5.41) is 0. The van der Waals surface area contributed by atoms with E-state index < -0.39 is 6.61 Å². The SMILES string of the molecule is Cc1ccc(CC(=O)N2CCN(Cc3ccc(OC(F)F)cc3)CC2)cc1. The number of ether oxygens (including phenoxy) is 1. The molecule has 27 heavy (non-hydrogen) atoms. The molecule has 6 heteroatoms. The predicted molar refractivity (Wildman–Crippen MR) is 99.8 cm³/mol. The van der Waals surface area contributed by atoms with Crippen LogP contribution in [-0.4, -0.2) is 48.5 Å². The van der Waals surface area contributed by atoms with Gasteiger partial charge in [-0.25, -0.2) is 0 Å². The number of hydrogen-bond acceptors (Lipinski definition) is 3. The van der Waals surface area contributed by atoms with E-state index in [9.17, 15) is 13.6 Å². The van der Waals surface area contributed by atoms with E-state index in [4.69, 9.17) is 0 Å². The minimum absolute atomic E-state index is 0.159. The molecule has 0 unspecified atom stereocenters. The van der Waals surface area contributed by atoms with Crippen molar-refractivity contribution in [3.8, 4) is 5.75 Å². The molecule has 1 amide bonds. The molecule has 2 aromatic carbocycles. The Morgan fingerprint density at radius 3 is 2.15 bits per heavy atom. The monoisotopic (exact) mass is 374 g/mol. The number of rotatable bonds is 6. The summed E-state index contributed by atoms with van der Waals surface area (Å²) in [6, 6.07) is 14.8. The number of nitrogens with zero attached hydrogens (tertiary/aromatic N) is 2. The Morgan fingerprint density at radius 1 is 0.963 bits per heavy atom. The molecular formula is C21H24F2N2O2. The highest BCUT2D eigenvalue weighted by Gasteiger charge is 2.21. The molecule has 1 heterocycles. The Hall–Kier alpha value is -2.47. The zero-order chi connectivity index (χ0) is 19.2. The fraction of sp³-hybridized carbons (Fsp3) is 0.381. The van der Waals surface area contributed by atoms with E-state index in [1.807, 2.05) is 36.1 Å². The van der Waals surface area contributed by atoms with Gasteiger partial charge < -0.3 is 9.64 Å². The van der Waals surface area contributed by atoms with Gasteiger partial charge in [-0.05, 0) is 30.2 Å². The molecule has 0 spiro atoms. The third-order valence-corrected chi connectivity index (χ3v) is 4.76. The first-order valence-electron chi connectivity index (χ1n) is 9.09. The maximum Gasteiger partial charge on any atom is 0.387 e. The Balaban J connectivity index is 1.45. The number of hydrogen-bond donors (Lipinski definition) is 0. The Kier molecular flexibility index (Phi) is 6.40. The number of carbonyl (C=O) groups excluding carboxylic acids is 1. The van der Waals surface area contributed by atoms with Gasteiger partial charge in [-0.3, -0.25) is 9.69 Å². The normalized spacial score (nSPS) is 15.2. The van der Waals surface area contributed by atoms with E-state index in [0.29, 0.717) is 19.5 Å². The van der Waals surface area contributed by atoms with E-state index >= 15 is 0 Å². The third kappa shape index (κ3) is 5.76. The van der Waals surface area contributed by atoms with Crippen molar-refractivity contribution < 1.29 is 18.3 Å². The van der Waals surface area contributed by atoms with Crippen molar-refractivity contribution in [1.29, 1.82) is 0 Å². The number of carbonyl (C=O) groups is 1. The lowest BCUT2D eigenvalue weighted by molar-refractivity contribution is -0.132. The average Bonchev–Trinajstić information content (AvgIpc) is 2.65. The lowest BCUT2D eigenvalue weighted by atomic mass is 10.1. The molecule has 1 fully saturated rings. The van der Waals surface area contributed by atoms with Crippen molar-refractivity contribution >= 4 is 5.91 Å². The topological polar surface area (TPSA) is 32.8 Å². The standard InChI is InChI=1S/C21H24F2N2O2/c1-16-2-4-17(5-3-16)14-20(26)25-12-10-24(11-13-25)15-18-6-8-19(9-7-18)27-21(22)23/h2-9,21H,10-15H2,1H3. The van der Waals surface area contributed by atoms with Crippen molar-refractivity contribution in [2.45, 2.75) is 26.5 Å². The summed E-state index contributed by atoms with van der Waals surface area (Å²) < 4.78 is 28.7. The number of halogens is 2. The molecule has 0 bridgehead atoms. The van der Waals surface area contributed by atoms with Crippen LogP contribution < -0.4 is 4.74 Å². The molecule has 2 aromatic rings. The fourth-order valence-corrected chi connectivity index (χ4v) is 3.18. The van der Waals surface area contributed by atoms with Crippen molar-refractivity contribution in [2.24, 2.45) is 0 Å². The minimum atomic E-state index is -2.80. The molecule has 3 rings (SSSR count). The van der Waals surface area contributed by atoms with E-state index in [-0.39, 0.29) is 11.7 Å². The molecule has 0 atom stereocenters. The Morgan fingerprint density at radius 2 is 1.56 bits per heavy atom. The van der Waals surface area contributed by atoms with Gasteiger partial charge in [0.05, 0.1) is 6.42 Å². The Labute approximate surface area is 158 Å². The van der Waals surface area contributed by atoms with E-state index in [1.165, 1.54) is 5.56 Å². The molecule has 0 aliphatic carbocycles. The summed E-state index contributed by atoms with van der Waals surface area (Å²) in [6.07, 6.45) is 0.436. The van der Waals surface area contributed by atoms with Crippen LogP contribution in [0, 0.1) is 6.92 Å². The van der Waals surface area contributed by atoms with Crippen LogP contribution in [0.5, 0.6) is 5.75 Å². The molecule has 0 aromatic heterocycles. The molecule has 0 N–H and O–H groups in total. The van der Waals surface area contributed by atoms with Crippen molar-refractivity contribution in [3.63, 3.8) is 0 Å². The largest absolute Gasteiger partial charge is 0.435 e. The van der Waals surface area contributed by atoms with Crippen molar-refractivity contribution in [3.05, 3.63) is 65.2 Å². The molecular weight excluding hydrogens is 350 g/mol. The van der Waals surface area contributed by atoms with Crippen molar-refractivity contribution in [1.82, 2.24) is 9.80 Å². The molecule has 4 nitrogen and oxygen atoms in total. The van der Waals surface area contributed by atoms with Gasteiger partial charge in [-0.1, -0.05) is 42.0 Å². The predicted octanol–water partition coefficient (Wildman–Crippen LogP) is 3.48. The number of amides is 1. The molecule has 144 valence electrons. The first-order chi connectivity index (χ1) is 13.0. The average molecular weight is 374 g/mol. The van der Waals surface area contributed by atoms with E-state index in [0.717, 1.165) is 30.8 Å². The second-order valence-corrected chi connectivity index (χ2v) is 6.84. The highest BCUT2D eigenvalue weighted by molar-refractivity contribution is 5.78. The number of alkyl halides is 2. The van der Waals surface area contributed by atoms with Gasteiger partial charge in [0, 0.05) is 32.7 Å². The molecule has 0 radical (unpaired) electrons. The number of aryl methyl sites for hydroxylation is 1. The summed E-state index contributed by atoms with van der Waals surface area (Å²) in [5.41, 5.74) is 3.27. The number of piperazine rings is 1. The summed E-state index contributed by atoms with van der Waals surface area (Å²) in [5.74, 6) is 0.326. The summed E-state index contributed by atoms with van der Waals surface area (Å²) in [7, 11) is 0. The summed E-state index contributed by atoms with van der Waals surface area (Å²) in [4.78, 5) is 16.7. The maximum absolute atomic E-state index is 12.5. The van der Waals surface area contributed by atoms with Crippen LogP contribution in [0.25, 0.3) is 0 Å². The van der Waals surface area contributed by atoms with Gasteiger partial charge in [0.25, 0.3) is 0 Å². The summed E-state index contributed by atoms with van der Waals surface area (Å²) >= 11 is 0. The quantitative estimate of drug-likeness (QED) is 0.776. The molecule has 1 aliphatic rings. The van der Waals surface area contributed by atoms with Crippen LogP contribution in [-0.2, 0) is 17.8 Å². The van der Waals surface area contributed by atoms with Crippen LogP contribution in [0.15, 0.2) is 48.5 Å². The Bertz CT molecular complexity index is 740. The first kappa shape index (κ1) is 19.3. The lowest BCUT2D eigenvalue weighted by Crippen LogP contribution is -2.48. The van der Waals surface area contributed by atoms with Gasteiger partial charge in [0.15, 0.2) is 0 Å². The van der Waals surface area contributed by atoms with E-state index in [2.05, 4.69) is 9.64 Å². The van der Waals surface area contributed by atoms with Crippen LogP contribution >= 0.6 is 0 Å². The maximum atomic E-state index is 12.5. The molecule has 1 saturated heterocycles. The molecule has 0 saturated carbocycles. The second-order valence-electron chi connectivity index (χ2n) is 6.84. The second kappa shape index (κ2) is 8.95. The van der Waals surface area contributed by atoms with Gasteiger partial charge >= 0.3 is 6.61 Å². The highest BCUT2D eigenvalue weighted by atomic mass is 19.3. The van der Waals surface area contributed by atoms with Crippen LogP contribution in [0.1, 0.15) is 16.7 Å². The van der Waals surface area contributed by atoms with Crippen molar-refractivity contribution in [2.75, 3.05) is 26.2 Å².